The Hall–Kier alpha value is -0.625. The molecule has 5 atom stereocenters. The molecule has 2 fully saturated rings. The van der Waals surface area contributed by atoms with Gasteiger partial charge in [-0.3, -0.25) is 4.79 Å². The molecule has 7 heteroatoms. The molecule has 2 aliphatic rings. The smallest absolute Gasteiger partial charge is 0.451 e. The lowest BCUT2D eigenvalue weighted by Gasteiger charge is -2.32. The third kappa shape index (κ3) is 2.65. The summed E-state index contributed by atoms with van der Waals surface area (Å²) in [4.78, 5) is 11.5. The Bertz CT molecular complexity index is 355. The molecule has 0 amide bonds. The van der Waals surface area contributed by atoms with Crippen molar-refractivity contribution in [3.63, 3.8) is 0 Å². The fraction of sp³-hybridized carbons (Fsp3) is 0.917. The van der Waals surface area contributed by atoms with Crippen molar-refractivity contribution < 1.29 is 19.9 Å². The number of nitrogens with two attached hydrogens (primary N) is 1. The molecule has 1 saturated heterocycles. The molecule has 6 N–H and O–H groups in total. The average Bonchev–Trinajstić information content (AvgIpc) is 2.79. The van der Waals surface area contributed by atoms with E-state index in [0.717, 1.165) is 6.54 Å². The van der Waals surface area contributed by atoms with Crippen LogP contribution in [0.3, 0.4) is 0 Å². The van der Waals surface area contributed by atoms with Crippen molar-refractivity contribution >= 4 is 13.1 Å². The standard InChI is InChI=1S/C12H23BN2O4/c1-7-10-8(6-15-7)5-12(14,11(16)17)9(10)3-2-4-13(18)19/h7-10,15,18-19H,2-6,14H2,1H3,(H,16,17). The summed E-state index contributed by atoms with van der Waals surface area (Å²) in [5, 5.41) is 30.6. The Kier molecular flexibility index (Phi) is 4.20. The van der Waals surface area contributed by atoms with E-state index in [0.29, 0.717) is 25.2 Å². The third-order valence-electron chi connectivity index (χ3n) is 4.93. The summed E-state index contributed by atoms with van der Waals surface area (Å²) >= 11 is 0. The van der Waals surface area contributed by atoms with E-state index in [-0.39, 0.29) is 24.2 Å². The highest BCUT2D eigenvalue weighted by atomic mass is 16.4. The van der Waals surface area contributed by atoms with E-state index in [4.69, 9.17) is 15.8 Å². The van der Waals surface area contributed by atoms with Crippen LogP contribution in [0.5, 0.6) is 0 Å². The fourth-order valence-corrected chi connectivity index (χ4v) is 4.05. The van der Waals surface area contributed by atoms with Crippen LogP contribution in [-0.2, 0) is 4.79 Å². The van der Waals surface area contributed by atoms with Gasteiger partial charge < -0.3 is 26.2 Å². The largest absolute Gasteiger partial charge is 0.480 e. The average molecular weight is 270 g/mol. The summed E-state index contributed by atoms with van der Waals surface area (Å²) in [5.74, 6) is -0.431. The minimum atomic E-state index is -1.33. The highest BCUT2D eigenvalue weighted by Gasteiger charge is 2.58. The molecule has 1 heterocycles. The molecule has 19 heavy (non-hydrogen) atoms. The molecular formula is C12H23BN2O4. The maximum absolute atomic E-state index is 11.5. The molecule has 0 radical (unpaired) electrons. The van der Waals surface area contributed by atoms with Crippen molar-refractivity contribution in [1.29, 1.82) is 0 Å². The number of nitrogens with one attached hydrogen (secondary N) is 1. The van der Waals surface area contributed by atoms with Crippen molar-refractivity contribution in [3.05, 3.63) is 0 Å². The second kappa shape index (κ2) is 5.40. The van der Waals surface area contributed by atoms with Crippen LogP contribution in [0.1, 0.15) is 26.2 Å². The Morgan fingerprint density at radius 2 is 2.21 bits per heavy atom. The zero-order chi connectivity index (χ0) is 14.2. The van der Waals surface area contributed by atoms with Crippen molar-refractivity contribution in [3.8, 4) is 0 Å². The molecule has 1 saturated carbocycles. The molecule has 2 rings (SSSR count). The van der Waals surface area contributed by atoms with Gasteiger partial charge in [0.05, 0.1) is 0 Å². The number of hydrogen-bond acceptors (Lipinski definition) is 5. The minimum absolute atomic E-state index is 0.0984. The van der Waals surface area contributed by atoms with E-state index in [1.54, 1.807) is 0 Å². The van der Waals surface area contributed by atoms with Crippen molar-refractivity contribution in [2.45, 2.75) is 44.1 Å². The number of aliphatic carboxylic acids is 1. The number of carboxylic acid groups (broad SMARTS) is 1. The maximum atomic E-state index is 11.5. The van der Waals surface area contributed by atoms with E-state index in [1.165, 1.54) is 0 Å². The summed E-state index contributed by atoms with van der Waals surface area (Å²) in [6.45, 7) is 2.91. The molecule has 0 bridgehead atoms. The lowest BCUT2D eigenvalue weighted by molar-refractivity contribution is -0.145. The first kappa shape index (κ1) is 14.8. The highest BCUT2D eigenvalue weighted by molar-refractivity contribution is 6.40. The summed E-state index contributed by atoms with van der Waals surface area (Å²) < 4.78 is 0. The van der Waals surface area contributed by atoms with Gasteiger partial charge in [0.2, 0.25) is 0 Å². The number of fused-ring (bicyclic) bond motifs is 1. The third-order valence-corrected chi connectivity index (χ3v) is 4.93. The molecule has 0 spiro atoms. The van der Waals surface area contributed by atoms with Gasteiger partial charge >= 0.3 is 13.1 Å². The van der Waals surface area contributed by atoms with Gasteiger partial charge in [-0.25, -0.2) is 0 Å². The Morgan fingerprint density at radius 1 is 1.53 bits per heavy atom. The summed E-state index contributed by atoms with van der Waals surface area (Å²) in [7, 11) is -1.33. The number of hydrogen-bond donors (Lipinski definition) is 5. The van der Waals surface area contributed by atoms with Crippen molar-refractivity contribution in [2.24, 2.45) is 23.5 Å². The lowest BCUT2D eigenvalue weighted by Crippen LogP contribution is -2.53. The SMILES string of the molecule is CC1NCC2CC(N)(C(=O)O)C(CCCB(O)O)C21. The highest BCUT2D eigenvalue weighted by Crippen LogP contribution is 2.49. The van der Waals surface area contributed by atoms with Crippen LogP contribution in [0.2, 0.25) is 6.32 Å². The van der Waals surface area contributed by atoms with E-state index in [1.807, 2.05) is 0 Å². The minimum Gasteiger partial charge on any atom is -0.480 e. The predicted molar refractivity (Wildman–Crippen MR) is 71.3 cm³/mol. The van der Waals surface area contributed by atoms with Gasteiger partial charge in [-0.1, -0.05) is 6.42 Å². The molecule has 5 unspecified atom stereocenters. The van der Waals surface area contributed by atoms with Gasteiger partial charge in [-0.2, -0.15) is 0 Å². The lowest BCUT2D eigenvalue weighted by atomic mass is 9.74. The van der Waals surface area contributed by atoms with E-state index in [2.05, 4.69) is 12.2 Å². The molecule has 1 aliphatic heterocycles. The Morgan fingerprint density at radius 3 is 2.79 bits per heavy atom. The van der Waals surface area contributed by atoms with Crippen molar-refractivity contribution in [1.82, 2.24) is 5.32 Å². The van der Waals surface area contributed by atoms with Crippen LogP contribution < -0.4 is 11.1 Å². The predicted octanol–water partition coefficient (Wildman–Crippen LogP) is -0.734. The van der Waals surface area contributed by atoms with Crippen LogP contribution in [0.15, 0.2) is 0 Å². The Balaban J connectivity index is 2.10. The summed E-state index contributed by atoms with van der Waals surface area (Å²) in [6.07, 6.45) is 2.00. The molecule has 6 nitrogen and oxygen atoms in total. The van der Waals surface area contributed by atoms with Crippen molar-refractivity contribution in [2.75, 3.05) is 6.54 Å². The second-order valence-corrected chi connectivity index (χ2v) is 6.10. The maximum Gasteiger partial charge on any atom is 0.451 e. The fourth-order valence-electron chi connectivity index (χ4n) is 4.05. The van der Waals surface area contributed by atoms with Crippen LogP contribution in [0.4, 0.5) is 0 Å². The summed E-state index contributed by atoms with van der Waals surface area (Å²) in [6, 6.07) is 0.277. The van der Waals surface area contributed by atoms with Gasteiger partial charge in [0, 0.05) is 6.04 Å². The van der Waals surface area contributed by atoms with E-state index >= 15 is 0 Å². The molecule has 0 aromatic carbocycles. The number of carboxylic acids is 1. The van der Waals surface area contributed by atoms with Crippen LogP contribution in [0.25, 0.3) is 0 Å². The van der Waals surface area contributed by atoms with Crippen LogP contribution >= 0.6 is 0 Å². The zero-order valence-corrected chi connectivity index (χ0v) is 11.2. The van der Waals surface area contributed by atoms with Gasteiger partial charge in [0.25, 0.3) is 0 Å². The second-order valence-electron chi connectivity index (χ2n) is 6.10. The van der Waals surface area contributed by atoms with E-state index < -0.39 is 18.6 Å². The normalized spacial score (nSPS) is 41.3. The topological polar surface area (TPSA) is 116 Å². The summed E-state index contributed by atoms with van der Waals surface area (Å²) in [5.41, 5.74) is 5.00. The van der Waals surface area contributed by atoms with Crippen LogP contribution in [-0.4, -0.2) is 46.4 Å². The van der Waals surface area contributed by atoms with Crippen LogP contribution in [0, 0.1) is 17.8 Å². The molecule has 0 aromatic heterocycles. The van der Waals surface area contributed by atoms with E-state index in [9.17, 15) is 9.90 Å². The Labute approximate surface area is 113 Å². The van der Waals surface area contributed by atoms with Gasteiger partial charge in [-0.05, 0) is 50.4 Å². The molecule has 0 aromatic rings. The first-order valence-corrected chi connectivity index (χ1v) is 6.98. The monoisotopic (exact) mass is 270 g/mol. The zero-order valence-electron chi connectivity index (χ0n) is 11.2. The first-order valence-electron chi connectivity index (χ1n) is 6.98. The first-order chi connectivity index (χ1) is 8.86. The molecule has 1 aliphatic carbocycles. The van der Waals surface area contributed by atoms with Gasteiger partial charge in [0.1, 0.15) is 5.54 Å². The number of carbonyl (C=O) groups is 1. The number of rotatable bonds is 5. The quantitative estimate of drug-likeness (QED) is 0.420. The van der Waals surface area contributed by atoms with Gasteiger partial charge in [0.15, 0.2) is 0 Å². The van der Waals surface area contributed by atoms with Gasteiger partial charge in [-0.15, -0.1) is 0 Å². The molecule has 108 valence electrons. The molecular weight excluding hydrogens is 247 g/mol.